The summed E-state index contributed by atoms with van der Waals surface area (Å²) in [6.07, 6.45) is 4.67. The second kappa shape index (κ2) is 5.65. The maximum Gasteiger partial charge on any atom is 0.110 e. The van der Waals surface area contributed by atoms with Gasteiger partial charge in [0.2, 0.25) is 0 Å². The van der Waals surface area contributed by atoms with Crippen LogP contribution in [0.2, 0.25) is 0 Å². The second-order valence-corrected chi connectivity index (χ2v) is 5.73. The van der Waals surface area contributed by atoms with Gasteiger partial charge >= 0.3 is 0 Å². The van der Waals surface area contributed by atoms with Crippen molar-refractivity contribution < 1.29 is 0 Å². The topological polar surface area (TPSA) is 55.9 Å². The van der Waals surface area contributed by atoms with E-state index in [4.69, 9.17) is 5.84 Å². The van der Waals surface area contributed by atoms with Crippen molar-refractivity contribution in [3.8, 4) is 0 Å². The van der Waals surface area contributed by atoms with Crippen molar-refractivity contribution in [1.82, 2.24) is 15.0 Å². The van der Waals surface area contributed by atoms with Crippen molar-refractivity contribution >= 4 is 11.3 Å². The van der Waals surface area contributed by atoms with Gasteiger partial charge in [-0.2, -0.15) is 0 Å². The Morgan fingerprint density at radius 3 is 2.83 bits per heavy atom. The van der Waals surface area contributed by atoms with Gasteiger partial charge in [0.05, 0.1) is 6.04 Å². The molecule has 2 aromatic heterocycles. The van der Waals surface area contributed by atoms with Crippen molar-refractivity contribution in [2.24, 2.45) is 5.84 Å². The number of thiophene rings is 1. The molecule has 98 valence electrons. The van der Waals surface area contributed by atoms with Crippen LogP contribution in [0.3, 0.4) is 0 Å². The Morgan fingerprint density at radius 1 is 1.50 bits per heavy atom. The molecule has 4 nitrogen and oxygen atoms in total. The average molecular weight is 264 g/mol. The van der Waals surface area contributed by atoms with Crippen LogP contribution >= 0.6 is 11.3 Å². The molecule has 0 aliphatic carbocycles. The van der Waals surface area contributed by atoms with Gasteiger partial charge in [0, 0.05) is 35.1 Å². The van der Waals surface area contributed by atoms with E-state index in [-0.39, 0.29) is 6.04 Å². The first kappa shape index (κ1) is 13.3. The number of nitrogens with two attached hydrogens (primary N) is 1. The minimum atomic E-state index is 0.134. The SMILES string of the molecule is CCn1ccnc1CC(NN)c1cc(C)c(C)s1. The largest absolute Gasteiger partial charge is 0.335 e. The molecule has 0 aliphatic rings. The molecule has 1 atom stereocenters. The molecule has 18 heavy (non-hydrogen) atoms. The monoisotopic (exact) mass is 264 g/mol. The van der Waals surface area contributed by atoms with E-state index >= 15 is 0 Å². The lowest BCUT2D eigenvalue weighted by Gasteiger charge is -2.14. The minimum absolute atomic E-state index is 0.134. The predicted octanol–water partition coefficient (Wildman–Crippen LogP) is 2.33. The van der Waals surface area contributed by atoms with Gasteiger partial charge in [-0.25, -0.2) is 4.98 Å². The average Bonchev–Trinajstić information content (AvgIpc) is 2.93. The normalized spacial score (nSPS) is 12.9. The fourth-order valence-electron chi connectivity index (χ4n) is 2.02. The lowest BCUT2D eigenvalue weighted by atomic mass is 10.1. The van der Waals surface area contributed by atoms with Gasteiger partial charge < -0.3 is 4.57 Å². The molecule has 2 aromatic rings. The number of imidazole rings is 1. The zero-order chi connectivity index (χ0) is 13.1. The van der Waals surface area contributed by atoms with Gasteiger partial charge in [-0.05, 0) is 32.4 Å². The van der Waals surface area contributed by atoms with Crippen LogP contribution in [0.1, 0.15) is 34.1 Å². The highest BCUT2D eigenvalue weighted by atomic mass is 32.1. The maximum absolute atomic E-state index is 5.69. The number of aryl methyl sites for hydroxylation is 3. The van der Waals surface area contributed by atoms with E-state index in [1.165, 1.54) is 15.3 Å². The van der Waals surface area contributed by atoms with Gasteiger partial charge in [-0.1, -0.05) is 0 Å². The lowest BCUT2D eigenvalue weighted by Crippen LogP contribution is -2.29. The molecule has 3 N–H and O–H groups in total. The molecule has 2 rings (SSSR count). The highest BCUT2D eigenvalue weighted by molar-refractivity contribution is 7.12. The maximum atomic E-state index is 5.69. The summed E-state index contributed by atoms with van der Waals surface area (Å²) in [5.41, 5.74) is 4.23. The number of aromatic nitrogens is 2. The second-order valence-electron chi connectivity index (χ2n) is 4.44. The number of hydrogen-bond acceptors (Lipinski definition) is 4. The van der Waals surface area contributed by atoms with E-state index in [0.717, 1.165) is 18.8 Å². The first-order chi connectivity index (χ1) is 8.65. The fraction of sp³-hybridized carbons (Fsp3) is 0.462. The third kappa shape index (κ3) is 2.63. The number of nitrogens with zero attached hydrogens (tertiary/aromatic N) is 2. The van der Waals surface area contributed by atoms with E-state index in [1.54, 1.807) is 11.3 Å². The zero-order valence-electron chi connectivity index (χ0n) is 11.1. The van der Waals surface area contributed by atoms with Crippen LogP contribution in [0, 0.1) is 13.8 Å². The Balaban J connectivity index is 2.19. The molecule has 0 saturated heterocycles. The third-order valence-corrected chi connectivity index (χ3v) is 4.52. The van der Waals surface area contributed by atoms with Gasteiger partial charge in [0.25, 0.3) is 0 Å². The van der Waals surface area contributed by atoms with Crippen LogP contribution in [0.5, 0.6) is 0 Å². The number of hydrazine groups is 1. The van der Waals surface area contributed by atoms with E-state index in [9.17, 15) is 0 Å². The van der Waals surface area contributed by atoms with E-state index in [2.05, 4.69) is 41.8 Å². The standard InChI is InChI=1S/C13H20N4S/c1-4-17-6-5-15-13(17)8-11(16-14)12-7-9(2)10(3)18-12/h5-7,11,16H,4,8,14H2,1-3H3. The number of rotatable bonds is 5. The molecule has 0 aliphatic heterocycles. The Bertz CT molecular complexity index is 495. The summed E-state index contributed by atoms with van der Waals surface area (Å²) >= 11 is 1.80. The summed E-state index contributed by atoms with van der Waals surface area (Å²) in [6.45, 7) is 7.34. The first-order valence-corrected chi connectivity index (χ1v) is 7.00. The summed E-state index contributed by atoms with van der Waals surface area (Å²) in [6, 6.07) is 2.35. The quantitative estimate of drug-likeness (QED) is 0.644. The van der Waals surface area contributed by atoms with Crippen molar-refractivity contribution in [2.75, 3.05) is 0 Å². The van der Waals surface area contributed by atoms with Crippen LogP contribution in [-0.2, 0) is 13.0 Å². The van der Waals surface area contributed by atoms with Gasteiger partial charge in [0.15, 0.2) is 0 Å². The first-order valence-electron chi connectivity index (χ1n) is 6.18. The van der Waals surface area contributed by atoms with E-state index in [0.29, 0.717) is 0 Å². The molecule has 0 radical (unpaired) electrons. The molecule has 2 heterocycles. The Labute approximate surface area is 112 Å². The van der Waals surface area contributed by atoms with Crippen LogP contribution in [0.25, 0.3) is 0 Å². The lowest BCUT2D eigenvalue weighted by molar-refractivity contribution is 0.530. The summed E-state index contributed by atoms with van der Waals surface area (Å²) in [5.74, 6) is 6.77. The minimum Gasteiger partial charge on any atom is -0.335 e. The fourth-order valence-corrected chi connectivity index (χ4v) is 3.12. The van der Waals surface area contributed by atoms with Crippen molar-refractivity contribution in [3.05, 3.63) is 39.6 Å². The molecule has 0 amide bonds. The van der Waals surface area contributed by atoms with Gasteiger partial charge in [-0.15, -0.1) is 11.3 Å². The highest BCUT2D eigenvalue weighted by Crippen LogP contribution is 2.27. The molecule has 0 saturated carbocycles. The van der Waals surface area contributed by atoms with Crippen LogP contribution < -0.4 is 11.3 Å². The smallest absolute Gasteiger partial charge is 0.110 e. The van der Waals surface area contributed by atoms with Crippen molar-refractivity contribution in [2.45, 2.75) is 39.8 Å². The molecule has 0 spiro atoms. The number of hydrogen-bond donors (Lipinski definition) is 2. The van der Waals surface area contributed by atoms with Crippen molar-refractivity contribution in [1.29, 1.82) is 0 Å². The molecule has 0 bridgehead atoms. The molecule has 0 fully saturated rings. The Kier molecular flexibility index (Phi) is 4.16. The summed E-state index contributed by atoms with van der Waals surface area (Å²) < 4.78 is 2.15. The van der Waals surface area contributed by atoms with Crippen LogP contribution in [0.15, 0.2) is 18.5 Å². The van der Waals surface area contributed by atoms with Crippen molar-refractivity contribution in [3.63, 3.8) is 0 Å². The zero-order valence-corrected chi connectivity index (χ0v) is 11.9. The van der Waals surface area contributed by atoms with Crippen LogP contribution in [-0.4, -0.2) is 9.55 Å². The van der Waals surface area contributed by atoms with Gasteiger partial charge in [-0.3, -0.25) is 11.3 Å². The van der Waals surface area contributed by atoms with Crippen LogP contribution in [0.4, 0.5) is 0 Å². The summed E-state index contributed by atoms with van der Waals surface area (Å²) in [5, 5.41) is 0. The predicted molar refractivity (Wildman–Crippen MR) is 75.5 cm³/mol. The molecular formula is C13H20N4S. The summed E-state index contributed by atoms with van der Waals surface area (Å²) in [4.78, 5) is 7.03. The summed E-state index contributed by atoms with van der Waals surface area (Å²) in [7, 11) is 0. The Hall–Kier alpha value is -1.17. The van der Waals surface area contributed by atoms with E-state index in [1.807, 2.05) is 12.4 Å². The molecular weight excluding hydrogens is 244 g/mol. The molecule has 1 unspecified atom stereocenters. The number of nitrogens with one attached hydrogen (secondary N) is 1. The highest BCUT2D eigenvalue weighted by Gasteiger charge is 2.16. The molecule has 0 aromatic carbocycles. The van der Waals surface area contributed by atoms with Gasteiger partial charge in [0.1, 0.15) is 5.82 Å². The van der Waals surface area contributed by atoms with E-state index < -0.39 is 0 Å². The third-order valence-electron chi connectivity index (χ3n) is 3.26. The molecule has 5 heteroatoms. The Morgan fingerprint density at radius 2 is 2.28 bits per heavy atom.